The average molecular weight is 457 g/mol. The van der Waals surface area contributed by atoms with Crippen LogP contribution in [0.25, 0.3) is 11.0 Å². The first kappa shape index (κ1) is 23.3. The van der Waals surface area contributed by atoms with E-state index in [1.165, 1.54) is 6.07 Å². The summed E-state index contributed by atoms with van der Waals surface area (Å²) in [4.78, 5) is 38.5. The van der Waals surface area contributed by atoms with Gasteiger partial charge in [0.1, 0.15) is 23.7 Å². The summed E-state index contributed by atoms with van der Waals surface area (Å²) in [6, 6.07) is 4.86. The van der Waals surface area contributed by atoms with E-state index < -0.39 is 22.4 Å². The van der Waals surface area contributed by atoms with Gasteiger partial charge >= 0.3 is 11.9 Å². The average Bonchev–Trinajstić information content (AvgIpc) is 3.06. The van der Waals surface area contributed by atoms with E-state index in [1.807, 2.05) is 41.5 Å². The van der Waals surface area contributed by atoms with E-state index in [0.29, 0.717) is 53.9 Å². The summed E-state index contributed by atoms with van der Waals surface area (Å²) in [6.45, 7) is 11.9. The number of hydrogen-bond donors (Lipinski definition) is 0. The van der Waals surface area contributed by atoms with Crippen molar-refractivity contribution in [2.24, 2.45) is 16.7 Å². The van der Waals surface area contributed by atoms with E-state index >= 15 is 0 Å². The molecule has 1 aliphatic heterocycles. The number of carbonyl (C=O) groups is 2. The number of carbonyl (C=O) groups excluding carboxylic acids is 2. The Morgan fingerprint density at radius 3 is 2.45 bits per heavy atom. The van der Waals surface area contributed by atoms with Crippen LogP contribution in [0, 0.1) is 16.7 Å². The molecule has 1 aromatic heterocycles. The molecule has 178 valence electrons. The number of rotatable bonds is 7. The minimum absolute atomic E-state index is 0.160. The van der Waals surface area contributed by atoms with Crippen molar-refractivity contribution >= 4 is 22.9 Å². The van der Waals surface area contributed by atoms with Gasteiger partial charge in [-0.25, -0.2) is 4.79 Å². The van der Waals surface area contributed by atoms with E-state index in [4.69, 9.17) is 18.6 Å². The second-order valence-corrected chi connectivity index (χ2v) is 10.3. The Kier molecular flexibility index (Phi) is 5.58. The molecule has 7 nitrogen and oxygen atoms in total. The molecule has 2 unspecified atom stereocenters. The van der Waals surface area contributed by atoms with Gasteiger partial charge in [-0.3, -0.25) is 9.59 Å². The highest BCUT2D eigenvalue weighted by Crippen LogP contribution is 2.65. The van der Waals surface area contributed by atoms with E-state index in [1.54, 1.807) is 12.1 Å². The van der Waals surface area contributed by atoms with Crippen LogP contribution < -0.4 is 10.2 Å². The minimum Gasteiger partial charge on any atom is -0.493 e. The molecule has 1 saturated heterocycles. The Hall–Kier alpha value is -2.83. The lowest BCUT2D eigenvalue weighted by Gasteiger charge is -2.34. The predicted octanol–water partition coefficient (Wildman–Crippen LogP) is 4.56. The van der Waals surface area contributed by atoms with Gasteiger partial charge in [0.25, 0.3) is 0 Å². The third-order valence-corrected chi connectivity index (χ3v) is 7.69. The molecule has 2 fully saturated rings. The number of esters is 2. The summed E-state index contributed by atoms with van der Waals surface area (Å²) >= 11 is 0. The number of hydrogen-bond acceptors (Lipinski definition) is 7. The third-order valence-electron chi connectivity index (χ3n) is 7.69. The molecule has 2 aliphatic rings. The summed E-state index contributed by atoms with van der Waals surface area (Å²) < 4.78 is 23.4. The molecule has 2 atom stereocenters. The van der Waals surface area contributed by atoms with Crippen molar-refractivity contribution in [3.05, 3.63) is 39.7 Å². The maximum atomic E-state index is 13.4. The van der Waals surface area contributed by atoms with Crippen molar-refractivity contribution in [2.45, 2.75) is 73.0 Å². The lowest BCUT2D eigenvalue weighted by atomic mass is 9.66. The van der Waals surface area contributed by atoms with E-state index in [0.717, 1.165) is 0 Å². The summed E-state index contributed by atoms with van der Waals surface area (Å²) in [5, 5.41) is 0.398. The fourth-order valence-electron chi connectivity index (χ4n) is 4.96. The zero-order chi connectivity index (χ0) is 24.2. The molecule has 2 heterocycles. The molecule has 2 aromatic rings. The van der Waals surface area contributed by atoms with Gasteiger partial charge in [-0.2, -0.15) is 0 Å². The normalized spacial score (nSPS) is 25.5. The van der Waals surface area contributed by atoms with Crippen molar-refractivity contribution in [1.29, 1.82) is 0 Å². The van der Waals surface area contributed by atoms with Crippen LogP contribution in [0.3, 0.4) is 0 Å². The number of benzene rings is 1. The molecule has 0 spiro atoms. The largest absolute Gasteiger partial charge is 0.493 e. The van der Waals surface area contributed by atoms with Gasteiger partial charge in [-0.1, -0.05) is 34.6 Å². The van der Waals surface area contributed by atoms with E-state index in [2.05, 4.69) is 0 Å². The number of ether oxygens (including phenoxy) is 3. The van der Waals surface area contributed by atoms with Crippen LogP contribution >= 0.6 is 0 Å². The van der Waals surface area contributed by atoms with Crippen molar-refractivity contribution < 1.29 is 28.2 Å². The molecule has 7 heteroatoms. The monoisotopic (exact) mass is 456 g/mol. The van der Waals surface area contributed by atoms with Crippen molar-refractivity contribution in [1.82, 2.24) is 0 Å². The highest BCUT2D eigenvalue weighted by Gasteiger charge is 2.76. The summed E-state index contributed by atoms with van der Waals surface area (Å²) in [6.07, 6.45) is 1.54. The summed E-state index contributed by atoms with van der Waals surface area (Å²) in [5.74, 6) is 0.371. The lowest BCUT2D eigenvalue weighted by molar-refractivity contribution is -0.184. The Bertz CT molecular complexity index is 1180. The van der Waals surface area contributed by atoms with E-state index in [-0.39, 0.29) is 23.9 Å². The van der Waals surface area contributed by atoms with Crippen LogP contribution in [0.1, 0.15) is 65.7 Å². The minimum atomic E-state index is -1.32. The van der Waals surface area contributed by atoms with Gasteiger partial charge in [0.2, 0.25) is 5.60 Å². The molecule has 0 N–H and O–H groups in total. The second kappa shape index (κ2) is 7.89. The van der Waals surface area contributed by atoms with Gasteiger partial charge in [-0.05, 0) is 37.8 Å². The van der Waals surface area contributed by atoms with E-state index in [9.17, 15) is 14.4 Å². The second-order valence-electron chi connectivity index (χ2n) is 10.3. The molecule has 33 heavy (non-hydrogen) atoms. The molecule has 1 aromatic carbocycles. The molecular weight excluding hydrogens is 424 g/mol. The molecule has 1 aliphatic carbocycles. The lowest BCUT2D eigenvalue weighted by Crippen LogP contribution is -2.48. The number of aryl methyl sites for hydroxylation is 1. The topological polar surface area (TPSA) is 92.0 Å². The fourth-order valence-corrected chi connectivity index (χ4v) is 4.96. The van der Waals surface area contributed by atoms with Crippen molar-refractivity contribution in [3.63, 3.8) is 0 Å². The van der Waals surface area contributed by atoms with Crippen LogP contribution in [-0.2, 0) is 32.1 Å². The van der Waals surface area contributed by atoms with Crippen LogP contribution in [0.2, 0.25) is 0 Å². The standard InChI is InChI=1S/C26H32O7/c1-7-16-12-19(27)17-8-9-20(30-13-15(2)3)18(21(17)32-16)14-31-23(29)26-11-10-25(6,22(28)33-26)24(26,4)5/h8-9,12,15H,7,10-11,13-14H2,1-6H3. The van der Waals surface area contributed by atoms with Crippen LogP contribution in [0.4, 0.5) is 0 Å². The Morgan fingerprint density at radius 1 is 1.15 bits per heavy atom. The predicted molar refractivity (Wildman–Crippen MR) is 122 cm³/mol. The quantitative estimate of drug-likeness (QED) is 0.564. The summed E-state index contributed by atoms with van der Waals surface area (Å²) in [5.41, 5.74) is -2.06. The first-order chi connectivity index (χ1) is 15.5. The molecule has 0 radical (unpaired) electrons. The van der Waals surface area contributed by atoms with Crippen LogP contribution in [0.5, 0.6) is 5.75 Å². The fraction of sp³-hybridized carbons (Fsp3) is 0.577. The molecule has 2 bridgehead atoms. The first-order valence-electron chi connectivity index (χ1n) is 11.6. The molecule has 4 rings (SSSR count). The maximum absolute atomic E-state index is 13.4. The highest BCUT2D eigenvalue weighted by atomic mass is 16.6. The van der Waals surface area contributed by atoms with Crippen molar-refractivity contribution in [2.75, 3.05) is 6.61 Å². The Morgan fingerprint density at radius 2 is 1.88 bits per heavy atom. The van der Waals surface area contributed by atoms with Gasteiger partial charge < -0.3 is 18.6 Å². The Labute approximate surface area is 193 Å². The van der Waals surface area contributed by atoms with Crippen LogP contribution in [0.15, 0.2) is 27.4 Å². The highest BCUT2D eigenvalue weighted by molar-refractivity contribution is 5.93. The van der Waals surface area contributed by atoms with Crippen LogP contribution in [-0.4, -0.2) is 24.1 Å². The Balaban J connectivity index is 1.71. The van der Waals surface area contributed by atoms with Gasteiger partial charge in [0.15, 0.2) is 5.43 Å². The smallest absolute Gasteiger partial charge is 0.351 e. The summed E-state index contributed by atoms with van der Waals surface area (Å²) in [7, 11) is 0. The maximum Gasteiger partial charge on any atom is 0.351 e. The molecular formula is C26H32O7. The van der Waals surface area contributed by atoms with Crippen molar-refractivity contribution in [3.8, 4) is 5.75 Å². The molecule has 1 saturated carbocycles. The zero-order valence-electron chi connectivity index (χ0n) is 20.2. The zero-order valence-corrected chi connectivity index (χ0v) is 20.2. The van der Waals surface area contributed by atoms with Gasteiger partial charge in [-0.15, -0.1) is 0 Å². The number of fused-ring (bicyclic) bond motifs is 3. The third kappa shape index (κ3) is 3.35. The first-order valence-corrected chi connectivity index (χ1v) is 11.6. The van der Waals surface area contributed by atoms with Gasteiger partial charge in [0.05, 0.1) is 23.0 Å². The van der Waals surface area contributed by atoms with Gasteiger partial charge in [0, 0.05) is 17.9 Å². The molecule has 0 amide bonds. The SMILES string of the molecule is CCc1cc(=O)c2ccc(OCC(C)C)c(COC(=O)C34CCC(C)(C(=O)O3)C4(C)C)c2o1.